The van der Waals surface area contributed by atoms with Gasteiger partial charge >= 0.3 is 0 Å². The number of hydrogen-bond acceptors (Lipinski definition) is 6. The summed E-state index contributed by atoms with van der Waals surface area (Å²) in [5, 5.41) is 1.74. The monoisotopic (exact) mass is 510 g/mol. The summed E-state index contributed by atoms with van der Waals surface area (Å²) in [6.45, 7) is 22.3. The quantitative estimate of drug-likeness (QED) is 0.290. The first-order valence-electron chi connectivity index (χ1n) is 12.0. The number of imide groups is 1. The lowest BCUT2D eigenvalue weighted by Gasteiger charge is -2.17. The number of amides is 2. The van der Waals surface area contributed by atoms with Crippen LogP contribution in [0.25, 0.3) is 0 Å². The molecule has 0 fully saturated rings. The van der Waals surface area contributed by atoms with E-state index in [0.717, 1.165) is 10.9 Å². The van der Waals surface area contributed by atoms with E-state index in [1.165, 1.54) is 23.5 Å². The van der Waals surface area contributed by atoms with Crippen molar-refractivity contribution < 1.29 is 14.4 Å². The second kappa shape index (κ2) is 18.7. The van der Waals surface area contributed by atoms with Gasteiger partial charge in [0.2, 0.25) is 0 Å². The molecule has 0 aliphatic carbocycles. The molecule has 7 heteroatoms. The maximum atomic E-state index is 10.8. The van der Waals surface area contributed by atoms with Crippen LogP contribution in [0.2, 0.25) is 0 Å². The Morgan fingerprint density at radius 2 is 1.47 bits per heavy atom. The third-order valence-corrected chi connectivity index (χ3v) is 7.15. The molecule has 34 heavy (non-hydrogen) atoms. The van der Waals surface area contributed by atoms with Crippen molar-refractivity contribution in [2.24, 2.45) is 11.3 Å². The van der Waals surface area contributed by atoms with E-state index in [9.17, 15) is 14.4 Å². The molecule has 0 N–H and O–H groups in total. The summed E-state index contributed by atoms with van der Waals surface area (Å²) in [4.78, 5) is 37.9. The summed E-state index contributed by atoms with van der Waals surface area (Å²) in [5.41, 5.74) is -0.130. The fourth-order valence-electron chi connectivity index (χ4n) is 1.99. The van der Waals surface area contributed by atoms with Gasteiger partial charge in [0.15, 0.2) is 0 Å². The number of Topliss-reactive ketones (excluding diaryl/α,β-unsaturated/α-hetero) is 1. The fraction of sp³-hybridized carbons (Fsp3) is 0.630. The highest BCUT2D eigenvalue weighted by Gasteiger charge is 2.25. The number of carbonyl (C=O) groups is 3. The molecular formula is C27H46N2O3S2. The molecular weight excluding hydrogens is 464 g/mol. The molecule has 1 aromatic rings. The molecule has 0 saturated heterocycles. The van der Waals surface area contributed by atoms with Crippen LogP contribution in [-0.4, -0.2) is 38.8 Å². The largest absolute Gasteiger partial charge is 0.299 e. The van der Waals surface area contributed by atoms with E-state index in [4.69, 9.17) is 0 Å². The number of pyridine rings is 1. The molecule has 0 radical (unpaired) electrons. The highest BCUT2D eigenvalue weighted by molar-refractivity contribution is 8.76. The Kier molecular flexibility index (Phi) is 19.0. The van der Waals surface area contributed by atoms with Crippen LogP contribution in [-0.2, 0) is 14.4 Å². The second-order valence-electron chi connectivity index (χ2n) is 9.70. The SMILES string of the molecule is CC(C)N1C(=O)C=CC1=O.CC(C)SSc1ccccn1.CCC(=O)C(C)(C)C.CCC(C)C. The minimum Gasteiger partial charge on any atom is -0.299 e. The summed E-state index contributed by atoms with van der Waals surface area (Å²) < 4.78 is 0. The molecule has 1 aromatic heterocycles. The molecule has 1 aliphatic rings. The van der Waals surface area contributed by atoms with Gasteiger partial charge in [-0.25, -0.2) is 4.98 Å². The predicted molar refractivity (Wildman–Crippen MR) is 149 cm³/mol. The predicted octanol–water partition coefficient (Wildman–Crippen LogP) is 7.61. The number of hydrogen-bond donors (Lipinski definition) is 0. The molecule has 0 atom stereocenters. The molecule has 0 bridgehead atoms. The summed E-state index contributed by atoms with van der Waals surface area (Å²) in [5.74, 6) is 0.799. The fourth-order valence-corrected chi connectivity index (χ4v) is 3.69. The Morgan fingerprint density at radius 3 is 1.71 bits per heavy atom. The number of ketones is 1. The number of rotatable bonds is 6. The van der Waals surface area contributed by atoms with Crippen molar-refractivity contribution in [3.05, 3.63) is 36.5 Å². The summed E-state index contributed by atoms with van der Waals surface area (Å²) in [6.07, 6.45) is 6.37. The standard InChI is InChI=1S/C8H11NS2.C7H9NO2.C7H14O.C5H12/c1-7(2)10-11-8-5-3-4-6-9-8;1-5(2)8-6(9)3-4-7(8)10;1-5-6(8)7(2,3)4;1-4-5(2)3/h3-7H,1-2H3;3-5H,1-2H3;5H2,1-4H3;5H,4H2,1-3H3. The van der Waals surface area contributed by atoms with Crippen molar-refractivity contribution in [2.45, 2.75) is 105 Å². The molecule has 5 nitrogen and oxygen atoms in total. The minimum atomic E-state index is -0.208. The molecule has 0 saturated carbocycles. The Bertz CT molecular complexity index is 722. The summed E-state index contributed by atoms with van der Waals surface area (Å²) in [7, 11) is 3.57. The van der Waals surface area contributed by atoms with Gasteiger partial charge in [0.25, 0.3) is 11.8 Å². The van der Waals surface area contributed by atoms with Crippen molar-refractivity contribution in [1.29, 1.82) is 0 Å². The van der Waals surface area contributed by atoms with Gasteiger partial charge in [-0.3, -0.25) is 19.3 Å². The Balaban J connectivity index is 0. The van der Waals surface area contributed by atoms with E-state index < -0.39 is 0 Å². The van der Waals surface area contributed by atoms with Gasteiger partial charge in [-0.2, -0.15) is 0 Å². The van der Waals surface area contributed by atoms with Gasteiger partial charge in [-0.15, -0.1) is 0 Å². The summed E-state index contributed by atoms with van der Waals surface area (Å²) >= 11 is 0. The van der Waals surface area contributed by atoms with Crippen LogP contribution in [0.3, 0.4) is 0 Å². The van der Waals surface area contributed by atoms with Crippen LogP contribution in [0.5, 0.6) is 0 Å². The number of nitrogens with zero attached hydrogens (tertiary/aromatic N) is 2. The molecule has 1 aliphatic heterocycles. The van der Waals surface area contributed by atoms with Crippen molar-refractivity contribution in [3.63, 3.8) is 0 Å². The van der Waals surface area contributed by atoms with Gasteiger partial charge in [0.05, 0.1) is 0 Å². The van der Waals surface area contributed by atoms with Crippen LogP contribution < -0.4 is 0 Å². The zero-order valence-electron chi connectivity index (χ0n) is 23.0. The van der Waals surface area contributed by atoms with Gasteiger partial charge < -0.3 is 0 Å². The molecule has 2 rings (SSSR count). The Labute approximate surface area is 216 Å². The van der Waals surface area contributed by atoms with Gasteiger partial charge in [-0.05, 0) is 42.7 Å². The zero-order chi connectivity index (χ0) is 26.9. The molecule has 0 spiro atoms. The van der Waals surface area contributed by atoms with Crippen molar-refractivity contribution in [3.8, 4) is 0 Å². The van der Waals surface area contributed by atoms with Crippen LogP contribution in [0.1, 0.15) is 89.0 Å². The third-order valence-electron chi connectivity index (χ3n) is 4.30. The first-order chi connectivity index (χ1) is 15.7. The highest BCUT2D eigenvalue weighted by atomic mass is 33.1. The van der Waals surface area contributed by atoms with Crippen molar-refractivity contribution in [2.75, 3.05) is 0 Å². The van der Waals surface area contributed by atoms with Crippen molar-refractivity contribution >= 4 is 39.2 Å². The number of aromatic nitrogens is 1. The van der Waals surface area contributed by atoms with Crippen LogP contribution >= 0.6 is 21.6 Å². The normalized spacial score (nSPS) is 12.7. The molecule has 194 valence electrons. The first-order valence-corrected chi connectivity index (χ1v) is 14.2. The van der Waals surface area contributed by atoms with E-state index >= 15 is 0 Å². The topological polar surface area (TPSA) is 67.3 Å². The average molecular weight is 511 g/mol. The van der Waals surface area contributed by atoms with Crippen molar-refractivity contribution in [1.82, 2.24) is 9.88 Å². The van der Waals surface area contributed by atoms with E-state index in [1.54, 1.807) is 10.8 Å². The van der Waals surface area contributed by atoms with Crippen LogP contribution in [0.15, 0.2) is 41.6 Å². The average Bonchev–Trinajstić information content (AvgIpc) is 3.11. The van der Waals surface area contributed by atoms with Gasteiger partial charge in [-0.1, -0.05) is 85.6 Å². The molecule has 0 unspecified atom stereocenters. The maximum absolute atomic E-state index is 10.8. The van der Waals surface area contributed by atoms with Crippen LogP contribution in [0.4, 0.5) is 0 Å². The minimum absolute atomic E-state index is 0.0324. The van der Waals surface area contributed by atoms with Gasteiger partial charge in [0, 0.05) is 41.5 Å². The molecule has 2 heterocycles. The summed E-state index contributed by atoms with van der Waals surface area (Å²) in [6, 6.07) is 5.94. The second-order valence-corrected chi connectivity index (χ2v) is 12.5. The molecule has 2 amide bonds. The highest BCUT2D eigenvalue weighted by Crippen LogP contribution is 2.32. The maximum Gasteiger partial charge on any atom is 0.253 e. The van der Waals surface area contributed by atoms with E-state index in [1.807, 2.05) is 76.7 Å². The van der Waals surface area contributed by atoms with E-state index in [2.05, 4.69) is 39.6 Å². The first kappa shape index (κ1) is 34.6. The number of carbonyl (C=O) groups excluding carboxylic acids is 3. The third kappa shape index (κ3) is 17.8. The van der Waals surface area contributed by atoms with E-state index in [0.29, 0.717) is 17.5 Å². The Hall–Kier alpha value is -1.60. The lowest BCUT2D eigenvalue weighted by atomic mass is 9.90. The lowest BCUT2D eigenvalue weighted by molar-refractivity contribution is -0.138. The molecule has 0 aromatic carbocycles. The Morgan fingerprint density at radius 1 is 0.971 bits per heavy atom. The van der Waals surface area contributed by atoms with E-state index in [-0.39, 0.29) is 23.3 Å². The van der Waals surface area contributed by atoms with Crippen LogP contribution in [0, 0.1) is 11.3 Å². The smallest absolute Gasteiger partial charge is 0.253 e. The van der Waals surface area contributed by atoms with Gasteiger partial charge in [0.1, 0.15) is 10.8 Å². The zero-order valence-corrected chi connectivity index (χ0v) is 24.7. The lowest BCUT2D eigenvalue weighted by Crippen LogP contribution is -2.36.